The van der Waals surface area contributed by atoms with Crippen molar-refractivity contribution in [3.8, 4) is 0 Å². The predicted octanol–water partition coefficient (Wildman–Crippen LogP) is 4.01. The molecule has 0 aromatic heterocycles. The van der Waals surface area contributed by atoms with Gasteiger partial charge in [0.05, 0.1) is 12.2 Å². The first-order valence-electron chi connectivity index (χ1n) is 9.72. The van der Waals surface area contributed by atoms with Gasteiger partial charge in [-0.05, 0) is 33.6 Å². The quantitative estimate of drug-likeness (QED) is 0.460. The topological polar surface area (TPSA) is 78.9 Å². The van der Waals surface area contributed by atoms with Crippen molar-refractivity contribution in [1.82, 2.24) is 0 Å². The van der Waals surface area contributed by atoms with Crippen molar-refractivity contribution in [2.75, 3.05) is 0 Å². The number of hydrogen-bond donors (Lipinski definition) is 0. The van der Waals surface area contributed by atoms with Gasteiger partial charge in [0, 0.05) is 37.7 Å². The first kappa shape index (κ1) is 21.9. The molecule has 1 saturated heterocycles. The van der Waals surface area contributed by atoms with Crippen molar-refractivity contribution < 1.29 is 28.6 Å². The summed E-state index contributed by atoms with van der Waals surface area (Å²) < 4.78 is 16.5. The number of ketones is 1. The highest BCUT2D eigenvalue weighted by atomic mass is 16.7. The van der Waals surface area contributed by atoms with Crippen molar-refractivity contribution in [3.05, 3.63) is 35.6 Å². The van der Waals surface area contributed by atoms with Crippen molar-refractivity contribution in [2.45, 2.75) is 72.2 Å². The first-order valence-corrected chi connectivity index (χ1v) is 9.72. The fourth-order valence-corrected chi connectivity index (χ4v) is 3.69. The Morgan fingerprint density at radius 3 is 2.57 bits per heavy atom. The normalized spacial score (nSPS) is 26.1. The molecule has 0 radical (unpaired) electrons. The molecule has 2 aliphatic rings. The van der Waals surface area contributed by atoms with Crippen LogP contribution >= 0.6 is 0 Å². The van der Waals surface area contributed by atoms with Crippen LogP contribution < -0.4 is 0 Å². The second kappa shape index (κ2) is 9.71. The number of rotatable bonds is 8. The van der Waals surface area contributed by atoms with Gasteiger partial charge in [-0.15, -0.1) is 0 Å². The van der Waals surface area contributed by atoms with Gasteiger partial charge in [-0.25, -0.2) is 0 Å². The van der Waals surface area contributed by atoms with Gasteiger partial charge in [-0.3, -0.25) is 9.59 Å². The Kier molecular flexibility index (Phi) is 7.61. The van der Waals surface area contributed by atoms with Gasteiger partial charge in [-0.1, -0.05) is 23.8 Å². The van der Waals surface area contributed by atoms with Gasteiger partial charge < -0.3 is 19.0 Å². The molecular weight excluding hydrogens is 360 g/mol. The number of ether oxygens (including phenoxy) is 3. The summed E-state index contributed by atoms with van der Waals surface area (Å²) in [6.45, 7) is 11.0. The molecule has 0 unspecified atom stereocenters. The molecular formula is C22H30O6. The maximum Gasteiger partial charge on any atom is 0.314 e. The molecule has 0 aliphatic carbocycles. The third kappa shape index (κ3) is 5.81. The summed E-state index contributed by atoms with van der Waals surface area (Å²) in [7, 11) is 0. The predicted molar refractivity (Wildman–Crippen MR) is 104 cm³/mol. The Morgan fingerprint density at radius 1 is 1.25 bits per heavy atom. The molecule has 0 aromatic carbocycles. The largest absolute Gasteiger partial charge is 0.462 e. The van der Waals surface area contributed by atoms with Gasteiger partial charge in [0.15, 0.2) is 0 Å². The molecule has 0 spiro atoms. The SMILES string of the molecule is C=C(CCCC(C)=O)[C@@H]1C(=O)O[C@@H](CC=C(C)C)C2=CO[C@H](OC(C)=O)C[C@H]21. The summed E-state index contributed by atoms with van der Waals surface area (Å²) in [5.74, 6) is -1.35. The average Bonchev–Trinajstić information content (AvgIpc) is 2.58. The number of allylic oxidation sites excluding steroid dienone is 1. The number of esters is 2. The highest BCUT2D eigenvalue weighted by molar-refractivity contribution is 5.79. The lowest BCUT2D eigenvalue weighted by Gasteiger charge is -2.41. The van der Waals surface area contributed by atoms with E-state index in [4.69, 9.17) is 14.2 Å². The molecule has 1 fully saturated rings. The van der Waals surface area contributed by atoms with E-state index in [9.17, 15) is 14.4 Å². The summed E-state index contributed by atoms with van der Waals surface area (Å²) in [6.07, 6.45) is 5.10. The summed E-state index contributed by atoms with van der Waals surface area (Å²) in [4.78, 5) is 35.4. The smallest absolute Gasteiger partial charge is 0.314 e. The molecule has 2 rings (SSSR count). The molecule has 4 atom stereocenters. The molecule has 6 heteroatoms. The molecule has 0 bridgehead atoms. The van der Waals surface area contributed by atoms with Crippen LogP contribution in [0.15, 0.2) is 35.6 Å². The van der Waals surface area contributed by atoms with E-state index >= 15 is 0 Å². The molecule has 2 aliphatic heterocycles. The molecule has 0 N–H and O–H groups in total. The molecule has 0 saturated carbocycles. The van der Waals surface area contributed by atoms with E-state index in [1.807, 2.05) is 19.9 Å². The van der Waals surface area contributed by atoms with Crippen LogP contribution in [0.25, 0.3) is 0 Å². The van der Waals surface area contributed by atoms with Crippen LogP contribution in [0, 0.1) is 11.8 Å². The van der Waals surface area contributed by atoms with Gasteiger partial charge in [0.1, 0.15) is 11.9 Å². The summed E-state index contributed by atoms with van der Waals surface area (Å²) in [5, 5.41) is 0. The number of fused-ring (bicyclic) bond motifs is 1. The third-order valence-corrected chi connectivity index (χ3v) is 5.02. The standard InChI is InChI=1S/C22H30O6/c1-13(2)9-10-19-18-12-26-20(27-16(5)24)11-17(18)21(22(25)28-19)14(3)7-6-8-15(4)23/h9,12,17,19-21H,3,6-8,10-11H2,1-2,4-5H3/t17-,19+,20-,21+/m1/s1. The highest BCUT2D eigenvalue weighted by Gasteiger charge is 2.46. The lowest BCUT2D eigenvalue weighted by atomic mass is 9.73. The first-order chi connectivity index (χ1) is 13.2. The zero-order chi connectivity index (χ0) is 20.8. The van der Waals surface area contributed by atoms with Gasteiger partial charge in [0.2, 0.25) is 6.29 Å². The number of cyclic esters (lactones) is 1. The summed E-state index contributed by atoms with van der Waals surface area (Å²) >= 11 is 0. The lowest BCUT2D eigenvalue weighted by molar-refractivity contribution is -0.177. The zero-order valence-electron chi connectivity index (χ0n) is 17.2. The van der Waals surface area contributed by atoms with Crippen LogP contribution in [-0.2, 0) is 28.6 Å². The van der Waals surface area contributed by atoms with Crippen molar-refractivity contribution in [1.29, 1.82) is 0 Å². The van der Waals surface area contributed by atoms with E-state index in [0.717, 1.165) is 16.7 Å². The van der Waals surface area contributed by atoms with Crippen molar-refractivity contribution in [3.63, 3.8) is 0 Å². The van der Waals surface area contributed by atoms with E-state index in [1.165, 1.54) is 6.92 Å². The Labute approximate surface area is 166 Å². The zero-order valence-corrected chi connectivity index (χ0v) is 17.2. The average molecular weight is 390 g/mol. The molecule has 28 heavy (non-hydrogen) atoms. The number of carbonyl (C=O) groups is 3. The Balaban J connectivity index is 2.22. The lowest BCUT2D eigenvalue weighted by Crippen LogP contribution is -2.44. The van der Waals surface area contributed by atoms with Gasteiger partial charge in [-0.2, -0.15) is 0 Å². The maximum absolute atomic E-state index is 12.8. The second-order valence-electron chi connectivity index (χ2n) is 7.77. The second-order valence-corrected chi connectivity index (χ2v) is 7.77. The summed E-state index contributed by atoms with van der Waals surface area (Å²) in [6, 6.07) is 0. The fraction of sp³-hybridized carbons (Fsp3) is 0.591. The molecule has 154 valence electrons. The van der Waals surface area contributed by atoms with Crippen LogP contribution in [0.3, 0.4) is 0 Å². The number of Topliss-reactive ketones (excluding diaryl/α,β-unsaturated/α-hetero) is 1. The molecule has 6 nitrogen and oxygen atoms in total. The molecule has 0 aromatic rings. The summed E-state index contributed by atoms with van der Waals surface area (Å²) in [5.41, 5.74) is 2.77. The fourth-order valence-electron chi connectivity index (χ4n) is 3.69. The maximum atomic E-state index is 12.8. The Morgan fingerprint density at radius 2 is 1.96 bits per heavy atom. The van der Waals surface area contributed by atoms with Crippen LogP contribution in [0.5, 0.6) is 0 Å². The van der Waals surface area contributed by atoms with E-state index in [-0.39, 0.29) is 17.7 Å². The molecule has 2 heterocycles. The van der Waals surface area contributed by atoms with Crippen molar-refractivity contribution in [2.24, 2.45) is 11.8 Å². The highest BCUT2D eigenvalue weighted by Crippen LogP contribution is 2.43. The van der Waals surface area contributed by atoms with E-state index < -0.39 is 24.3 Å². The Hall–Kier alpha value is -2.37. The van der Waals surface area contributed by atoms with Crippen LogP contribution in [0.1, 0.15) is 59.8 Å². The monoisotopic (exact) mass is 390 g/mol. The Bertz CT molecular complexity index is 698. The van der Waals surface area contributed by atoms with Crippen LogP contribution in [0.4, 0.5) is 0 Å². The number of carbonyl (C=O) groups excluding carboxylic acids is 3. The van der Waals surface area contributed by atoms with Crippen molar-refractivity contribution >= 4 is 17.7 Å². The third-order valence-electron chi connectivity index (χ3n) is 5.02. The minimum absolute atomic E-state index is 0.113. The minimum Gasteiger partial charge on any atom is -0.462 e. The van der Waals surface area contributed by atoms with Crippen LogP contribution in [0.2, 0.25) is 0 Å². The van der Waals surface area contributed by atoms with Gasteiger partial charge >= 0.3 is 11.9 Å². The van der Waals surface area contributed by atoms with E-state index in [2.05, 4.69) is 6.58 Å². The van der Waals surface area contributed by atoms with E-state index in [1.54, 1.807) is 13.2 Å². The van der Waals surface area contributed by atoms with Gasteiger partial charge in [0.25, 0.3) is 0 Å². The number of hydrogen-bond acceptors (Lipinski definition) is 6. The minimum atomic E-state index is -0.728. The molecule has 0 amide bonds. The van der Waals surface area contributed by atoms with Crippen LogP contribution in [-0.4, -0.2) is 30.1 Å². The van der Waals surface area contributed by atoms with E-state index in [0.29, 0.717) is 32.1 Å².